The molecule has 0 atom stereocenters. The number of benzene rings is 1. The lowest BCUT2D eigenvalue weighted by Gasteiger charge is -2.10. The molecule has 1 aromatic rings. The fourth-order valence-corrected chi connectivity index (χ4v) is 2.88. The number of hydrogen-bond acceptors (Lipinski definition) is 5. The van der Waals surface area contributed by atoms with Gasteiger partial charge in [0.2, 0.25) is 5.91 Å². The fourth-order valence-electron chi connectivity index (χ4n) is 1.63. The number of hydrogen-bond donors (Lipinski definition) is 1. The van der Waals surface area contributed by atoms with Crippen LogP contribution in [0, 0.1) is 0 Å². The summed E-state index contributed by atoms with van der Waals surface area (Å²) in [7, 11) is -0.664. The Morgan fingerprint density at radius 1 is 1.29 bits per heavy atom. The van der Waals surface area contributed by atoms with Crippen molar-refractivity contribution in [3.63, 3.8) is 0 Å². The van der Waals surface area contributed by atoms with E-state index < -0.39 is 9.84 Å². The lowest BCUT2D eigenvalue weighted by Crippen LogP contribution is -2.25. The zero-order chi connectivity index (χ0) is 15.9. The van der Waals surface area contributed by atoms with Gasteiger partial charge in [-0.3, -0.25) is 4.79 Å². The molecule has 0 aliphatic carbocycles. The van der Waals surface area contributed by atoms with Gasteiger partial charge in [0.15, 0.2) is 21.3 Å². The van der Waals surface area contributed by atoms with Gasteiger partial charge in [-0.05, 0) is 12.1 Å². The van der Waals surface area contributed by atoms with Gasteiger partial charge in [-0.1, -0.05) is 6.08 Å². The molecule has 0 aliphatic heterocycles. The topological polar surface area (TPSA) is 81.7 Å². The Balaban J connectivity index is 2.83. The van der Waals surface area contributed by atoms with Gasteiger partial charge in [0, 0.05) is 19.0 Å². The van der Waals surface area contributed by atoms with E-state index in [-0.39, 0.29) is 23.0 Å². The van der Waals surface area contributed by atoms with E-state index in [1.165, 1.54) is 38.5 Å². The molecule has 0 radical (unpaired) electrons. The van der Waals surface area contributed by atoms with E-state index in [0.29, 0.717) is 18.0 Å². The fraction of sp³-hybridized carbons (Fsp3) is 0.357. The van der Waals surface area contributed by atoms with Gasteiger partial charge in [0.25, 0.3) is 0 Å². The van der Waals surface area contributed by atoms with E-state index in [0.717, 1.165) is 0 Å². The summed E-state index contributed by atoms with van der Waals surface area (Å²) in [6, 6.07) is 4.33. The molecule has 1 aromatic carbocycles. The average molecular weight is 313 g/mol. The first-order valence-electron chi connectivity index (χ1n) is 6.27. The molecule has 21 heavy (non-hydrogen) atoms. The van der Waals surface area contributed by atoms with E-state index in [1.807, 2.05) is 0 Å². The van der Waals surface area contributed by atoms with Crippen LogP contribution >= 0.6 is 0 Å². The SMILES string of the molecule is C=CCNC(=O)CCS(=O)(=O)c1ccc(OC)c(OC)c1. The summed E-state index contributed by atoms with van der Waals surface area (Å²) >= 11 is 0. The van der Waals surface area contributed by atoms with Gasteiger partial charge in [0.1, 0.15) is 0 Å². The predicted octanol–water partition coefficient (Wildman–Crippen LogP) is 1.17. The van der Waals surface area contributed by atoms with Gasteiger partial charge in [-0.25, -0.2) is 8.42 Å². The molecule has 0 fully saturated rings. The molecule has 6 nitrogen and oxygen atoms in total. The zero-order valence-corrected chi connectivity index (χ0v) is 12.9. The van der Waals surface area contributed by atoms with Gasteiger partial charge < -0.3 is 14.8 Å². The van der Waals surface area contributed by atoms with Crippen LogP contribution in [0.15, 0.2) is 35.7 Å². The minimum absolute atomic E-state index is 0.0941. The Kier molecular flexibility index (Phi) is 6.23. The van der Waals surface area contributed by atoms with Crippen molar-refractivity contribution >= 4 is 15.7 Å². The Morgan fingerprint density at radius 3 is 2.52 bits per heavy atom. The molecule has 1 N–H and O–H groups in total. The summed E-state index contributed by atoms with van der Waals surface area (Å²) in [5.74, 6) is 0.166. The third-order valence-electron chi connectivity index (χ3n) is 2.76. The van der Waals surface area contributed by atoms with Crippen molar-refractivity contribution in [1.29, 1.82) is 0 Å². The number of nitrogens with one attached hydrogen (secondary N) is 1. The van der Waals surface area contributed by atoms with Crippen LogP contribution in [0.2, 0.25) is 0 Å². The van der Waals surface area contributed by atoms with Crippen LogP contribution in [0.25, 0.3) is 0 Å². The molecule has 0 bridgehead atoms. The van der Waals surface area contributed by atoms with Crippen molar-refractivity contribution in [1.82, 2.24) is 5.32 Å². The van der Waals surface area contributed by atoms with Crippen LogP contribution in [0.3, 0.4) is 0 Å². The van der Waals surface area contributed by atoms with Crippen molar-refractivity contribution in [2.24, 2.45) is 0 Å². The van der Waals surface area contributed by atoms with Gasteiger partial charge >= 0.3 is 0 Å². The maximum Gasteiger partial charge on any atom is 0.221 e. The van der Waals surface area contributed by atoms with E-state index >= 15 is 0 Å². The smallest absolute Gasteiger partial charge is 0.221 e. The van der Waals surface area contributed by atoms with E-state index in [2.05, 4.69) is 11.9 Å². The Labute approximate surface area is 124 Å². The van der Waals surface area contributed by atoms with Crippen molar-refractivity contribution < 1.29 is 22.7 Å². The zero-order valence-electron chi connectivity index (χ0n) is 12.1. The van der Waals surface area contributed by atoms with Crippen LogP contribution in [-0.4, -0.2) is 40.8 Å². The minimum atomic E-state index is -3.56. The number of carbonyl (C=O) groups excluding carboxylic acids is 1. The third-order valence-corrected chi connectivity index (χ3v) is 4.47. The molecule has 7 heteroatoms. The lowest BCUT2D eigenvalue weighted by molar-refractivity contribution is -0.120. The summed E-state index contributed by atoms with van der Waals surface area (Å²) in [5, 5.41) is 2.53. The molecule has 0 saturated heterocycles. The first-order chi connectivity index (χ1) is 9.94. The quantitative estimate of drug-likeness (QED) is 0.729. The Bertz CT molecular complexity index is 610. The van der Waals surface area contributed by atoms with E-state index in [1.54, 1.807) is 0 Å². The monoisotopic (exact) mass is 313 g/mol. The first kappa shape index (κ1) is 17.0. The number of carbonyl (C=O) groups is 1. The van der Waals surface area contributed by atoms with Crippen LogP contribution in [0.1, 0.15) is 6.42 Å². The predicted molar refractivity (Wildman–Crippen MR) is 79.4 cm³/mol. The lowest BCUT2D eigenvalue weighted by atomic mass is 10.3. The highest BCUT2D eigenvalue weighted by atomic mass is 32.2. The molecule has 1 rings (SSSR count). The molecule has 0 aromatic heterocycles. The number of rotatable bonds is 8. The molecule has 0 heterocycles. The summed E-state index contributed by atoms with van der Waals surface area (Å²) in [6.07, 6.45) is 1.42. The van der Waals surface area contributed by atoms with Crippen molar-refractivity contribution in [2.45, 2.75) is 11.3 Å². The second-order valence-electron chi connectivity index (χ2n) is 4.18. The Hall–Kier alpha value is -2.02. The van der Waals surface area contributed by atoms with Gasteiger partial charge in [-0.2, -0.15) is 0 Å². The van der Waals surface area contributed by atoms with Crippen LogP contribution in [0.5, 0.6) is 11.5 Å². The molecule has 0 saturated carbocycles. The first-order valence-corrected chi connectivity index (χ1v) is 7.92. The summed E-state index contributed by atoms with van der Waals surface area (Å²) < 4.78 is 34.5. The van der Waals surface area contributed by atoms with E-state index in [9.17, 15) is 13.2 Å². The average Bonchev–Trinajstić information content (AvgIpc) is 2.50. The highest BCUT2D eigenvalue weighted by Gasteiger charge is 2.18. The second-order valence-corrected chi connectivity index (χ2v) is 6.29. The molecule has 0 spiro atoms. The van der Waals surface area contributed by atoms with Gasteiger partial charge in [0.05, 0.1) is 24.9 Å². The van der Waals surface area contributed by atoms with Crippen molar-refractivity contribution in [3.8, 4) is 11.5 Å². The molecule has 1 amide bonds. The highest BCUT2D eigenvalue weighted by Crippen LogP contribution is 2.29. The molecule has 0 unspecified atom stereocenters. The summed E-state index contributed by atoms with van der Waals surface area (Å²) in [6.45, 7) is 3.78. The minimum Gasteiger partial charge on any atom is -0.493 e. The third kappa shape index (κ3) is 4.78. The van der Waals surface area contributed by atoms with Crippen LogP contribution in [-0.2, 0) is 14.6 Å². The van der Waals surface area contributed by atoms with Gasteiger partial charge in [-0.15, -0.1) is 6.58 Å². The summed E-state index contributed by atoms with van der Waals surface area (Å²) in [4.78, 5) is 11.5. The maximum atomic E-state index is 12.2. The van der Waals surface area contributed by atoms with Crippen molar-refractivity contribution in [3.05, 3.63) is 30.9 Å². The summed E-state index contributed by atoms with van der Waals surface area (Å²) in [5.41, 5.74) is 0. The highest BCUT2D eigenvalue weighted by molar-refractivity contribution is 7.91. The van der Waals surface area contributed by atoms with Crippen LogP contribution in [0.4, 0.5) is 0 Å². The van der Waals surface area contributed by atoms with Crippen molar-refractivity contribution in [2.75, 3.05) is 26.5 Å². The molecule has 0 aliphatic rings. The number of ether oxygens (including phenoxy) is 2. The van der Waals surface area contributed by atoms with E-state index in [4.69, 9.17) is 9.47 Å². The number of sulfone groups is 1. The number of amides is 1. The number of methoxy groups -OCH3 is 2. The molecule has 116 valence electrons. The molecular formula is C14H19NO5S. The maximum absolute atomic E-state index is 12.2. The molecular weight excluding hydrogens is 294 g/mol. The second kappa shape index (κ2) is 7.68. The standard InChI is InChI=1S/C14H19NO5S/c1-4-8-15-14(16)7-9-21(17,18)11-5-6-12(19-2)13(10-11)20-3/h4-6,10H,1,7-9H2,2-3H3,(H,15,16). The Morgan fingerprint density at radius 2 is 1.95 bits per heavy atom. The normalized spacial score (nSPS) is 10.8. The van der Waals surface area contributed by atoms with Crippen LogP contribution < -0.4 is 14.8 Å². The largest absolute Gasteiger partial charge is 0.493 e.